The Labute approximate surface area is 412 Å². The van der Waals surface area contributed by atoms with Gasteiger partial charge in [0.1, 0.15) is 28.9 Å². The number of carbonyl (C=O) groups excluding carboxylic acids is 5. The Morgan fingerprint density at radius 2 is 1.48 bits per heavy atom. The van der Waals surface area contributed by atoms with Crippen molar-refractivity contribution < 1.29 is 47.7 Å². The Morgan fingerprint density at radius 1 is 0.789 bits per heavy atom. The molecule has 8 rings (SSSR count). The molecule has 71 heavy (non-hydrogen) atoms. The highest BCUT2D eigenvalue weighted by molar-refractivity contribution is 6.26. The summed E-state index contributed by atoms with van der Waals surface area (Å²) in [6.07, 6.45) is 6.04. The largest absolute Gasteiger partial charge is 0.457 e. The number of aromatic nitrogens is 3. The number of nitrogens with one attached hydrogen (secondary N) is 4. The lowest BCUT2D eigenvalue weighted by Gasteiger charge is -2.39. The molecule has 4 aromatic rings. The first-order valence-electron chi connectivity index (χ1n) is 24.4. The van der Waals surface area contributed by atoms with Crippen molar-refractivity contribution in [3.05, 3.63) is 118 Å². The zero-order valence-corrected chi connectivity index (χ0v) is 39.8. The highest BCUT2D eigenvalue weighted by Gasteiger charge is 2.40. The monoisotopic (exact) mass is 974 g/mol. The highest BCUT2D eigenvalue weighted by Crippen LogP contribution is 2.31. The fraction of sp³-hybridized carbons (Fsp3) is 0.451. The molecule has 5 heterocycles. The van der Waals surface area contributed by atoms with Crippen LogP contribution in [-0.2, 0) is 52.8 Å². The number of nitrogens with two attached hydrogens (primary N) is 1. The molecule has 6 N–H and O–H groups in total. The number of carbonyl (C=O) groups is 5. The topological polar surface area (TPSA) is 255 Å². The molecule has 1 aromatic heterocycles. The Morgan fingerprint density at radius 3 is 2.18 bits per heavy atom. The molecule has 4 aliphatic rings. The van der Waals surface area contributed by atoms with Gasteiger partial charge in [0.25, 0.3) is 17.7 Å². The molecule has 3 aromatic carbocycles. The van der Waals surface area contributed by atoms with Crippen LogP contribution in [0.4, 0.5) is 0 Å². The number of likely N-dealkylation sites (tertiary alicyclic amines) is 1. The first-order valence-corrected chi connectivity index (χ1v) is 24.4. The van der Waals surface area contributed by atoms with Crippen molar-refractivity contribution in [3.8, 4) is 11.5 Å². The van der Waals surface area contributed by atoms with Crippen molar-refractivity contribution in [2.45, 2.75) is 70.1 Å². The summed E-state index contributed by atoms with van der Waals surface area (Å²) in [5.41, 5.74) is 9.38. The lowest BCUT2D eigenvalue weighted by atomic mass is 9.86. The van der Waals surface area contributed by atoms with Crippen LogP contribution in [0.1, 0.15) is 76.1 Å². The van der Waals surface area contributed by atoms with Gasteiger partial charge in [-0.1, -0.05) is 35.5 Å². The Hall–Kier alpha value is -7.00. The van der Waals surface area contributed by atoms with Gasteiger partial charge in [-0.2, -0.15) is 0 Å². The molecule has 0 radical (unpaired) electrons. The minimum Gasteiger partial charge on any atom is -0.457 e. The van der Waals surface area contributed by atoms with Crippen LogP contribution < -0.4 is 26.4 Å². The van der Waals surface area contributed by atoms with Crippen molar-refractivity contribution in [1.29, 1.82) is 5.41 Å². The van der Waals surface area contributed by atoms with E-state index in [1.54, 1.807) is 51.0 Å². The van der Waals surface area contributed by atoms with Crippen molar-refractivity contribution in [1.82, 2.24) is 40.7 Å². The smallest absolute Gasteiger partial charge is 0.276 e. The maximum absolute atomic E-state index is 13.4. The van der Waals surface area contributed by atoms with E-state index in [1.807, 2.05) is 42.5 Å². The van der Waals surface area contributed by atoms with E-state index in [0.717, 1.165) is 43.2 Å². The summed E-state index contributed by atoms with van der Waals surface area (Å²) in [7, 11) is 0. The number of fused-ring (bicyclic) bond motifs is 1. The van der Waals surface area contributed by atoms with Crippen LogP contribution in [0.5, 0.6) is 11.5 Å². The molecule has 20 heteroatoms. The van der Waals surface area contributed by atoms with Crippen LogP contribution in [0, 0.1) is 11.3 Å². The van der Waals surface area contributed by atoms with E-state index in [9.17, 15) is 24.0 Å². The van der Waals surface area contributed by atoms with Crippen LogP contribution in [0.25, 0.3) is 0 Å². The van der Waals surface area contributed by atoms with Gasteiger partial charge in [0.15, 0.2) is 5.69 Å². The van der Waals surface area contributed by atoms with Gasteiger partial charge in [-0.3, -0.25) is 34.7 Å². The van der Waals surface area contributed by atoms with Crippen molar-refractivity contribution in [2.75, 3.05) is 72.5 Å². The lowest BCUT2D eigenvalue weighted by molar-refractivity contribution is -0.137. The summed E-state index contributed by atoms with van der Waals surface area (Å²) in [5.74, 6) is 0.230. The molecule has 0 aliphatic carbocycles. The van der Waals surface area contributed by atoms with Gasteiger partial charge in [0.05, 0.1) is 64.7 Å². The van der Waals surface area contributed by atoms with Crippen molar-refractivity contribution in [3.63, 3.8) is 0 Å². The summed E-state index contributed by atoms with van der Waals surface area (Å²) >= 11 is 0. The van der Waals surface area contributed by atoms with Crippen LogP contribution in [-0.4, -0.2) is 145 Å². The van der Waals surface area contributed by atoms with Gasteiger partial charge in [0, 0.05) is 56.4 Å². The van der Waals surface area contributed by atoms with E-state index in [1.165, 1.54) is 0 Å². The van der Waals surface area contributed by atoms with Crippen molar-refractivity contribution in [2.24, 2.45) is 11.7 Å². The van der Waals surface area contributed by atoms with Gasteiger partial charge in [-0.05, 0) is 98.0 Å². The summed E-state index contributed by atoms with van der Waals surface area (Å²) in [4.78, 5) is 66.6. The number of imide groups is 1. The molecule has 20 nitrogen and oxygen atoms in total. The predicted octanol–water partition coefficient (Wildman–Crippen LogP) is 3.10. The first-order chi connectivity index (χ1) is 34.6. The second kappa shape index (κ2) is 24.7. The van der Waals surface area contributed by atoms with Crippen LogP contribution in [0.3, 0.4) is 0 Å². The molecule has 3 fully saturated rings. The third-order valence-corrected chi connectivity index (χ3v) is 13.1. The fourth-order valence-corrected chi connectivity index (χ4v) is 9.35. The summed E-state index contributed by atoms with van der Waals surface area (Å²) in [6, 6.07) is 21.4. The molecule has 4 aliphatic heterocycles. The molecular weight excluding hydrogens is 913 g/mol. The SMILES string of the molecule is N=C(/C(C(N)=O)=C1/NCC[C@@H](C2CCN(C(=O)c3cn(CCOCCOCCOCCOCCCc4cccc5c4CN(C4CCC(=O)NC4=O)C5=O)nn3)CC2)N1)c1ccc(Oc2ccccc2)cc1. The molecule has 0 bridgehead atoms. The molecule has 3 saturated heterocycles. The number of rotatable bonds is 24. The summed E-state index contributed by atoms with van der Waals surface area (Å²) in [6.45, 7) is 5.93. The first kappa shape index (κ1) is 50.4. The number of hydrogen-bond donors (Lipinski definition) is 5. The summed E-state index contributed by atoms with van der Waals surface area (Å²) in [5, 5.41) is 26.2. The third kappa shape index (κ3) is 13.3. The third-order valence-electron chi connectivity index (χ3n) is 13.1. The molecule has 0 saturated carbocycles. The number of primary amides is 1. The number of benzene rings is 3. The normalized spacial score (nSPS) is 18.9. The highest BCUT2D eigenvalue weighted by atomic mass is 16.6. The van der Waals surface area contributed by atoms with E-state index in [0.29, 0.717) is 120 Å². The van der Waals surface area contributed by atoms with Gasteiger partial charge in [-0.25, -0.2) is 4.68 Å². The lowest BCUT2D eigenvalue weighted by Crippen LogP contribution is -2.52. The Balaban J connectivity index is 0.654. The number of amides is 5. The molecule has 5 amide bonds. The van der Waals surface area contributed by atoms with Crippen LogP contribution >= 0.6 is 0 Å². The summed E-state index contributed by atoms with van der Waals surface area (Å²) < 4.78 is 30.2. The van der Waals surface area contributed by atoms with Gasteiger partial charge < -0.3 is 49.9 Å². The molecule has 2 atom stereocenters. The van der Waals surface area contributed by atoms with E-state index in [4.69, 9.17) is 34.8 Å². The second-order valence-corrected chi connectivity index (χ2v) is 17.8. The van der Waals surface area contributed by atoms with E-state index >= 15 is 0 Å². The minimum atomic E-state index is -0.703. The number of para-hydroxylation sites is 1. The van der Waals surface area contributed by atoms with E-state index in [2.05, 4.69) is 26.3 Å². The molecule has 1 unspecified atom stereocenters. The quantitative estimate of drug-likeness (QED) is 0.0293. The standard InChI is InChI=1S/C51H62N10O10/c52-46(36-11-13-38(14-12-36)71-37-8-2-1-3-9-37)45(47(53)63)48-54-20-17-41(55-48)35-18-21-59(22-19-35)51(66)42-33-60(58-57-42)23-25-68-27-29-70-31-30-69-28-26-67-24-5-7-34-6-4-10-39-40(34)32-61(50(39)65)43-15-16-44(62)56-49(43)64/h1-4,6,8-14,33,35,41,43,52,54-55H,5,7,15-32H2,(H2,53,63)(H,56,62,64)/b48-45+,52-46?/t41-,43?/m0/s1. The Bertz CT molecular complexity index is 2540. The molecule has 0 spiro atoms. The van der Waals surface area contributed by atoms with Crippen LogP contribution in [0.2, 0.25) is 0 Å². The number of ether oxygens (including phenoxy) is 5. The minimum absolute atomic E-state index is 0.00900. The Kier molecular flexibility index (Phi) is 17.5. The van der Waals surface area contributed by atoms with Crippen LogP contribution in [0.15, 0.2) is 90.4 Å². The zero-order valence-electron chi connectivity index (χ0n) is 39.8. The maximum atomic E-state index is 13.4. The molecular formula is C51H62N10O10. The average molecular weight is 975 g/mol. The number of aryl methyl sites for hydroxylation is 1. The van der Waals surface area contributed by atoms with E-state index < -0.39 is 17.9 Å². The van der Waals surface area contributed by atoms with Gasteiger partial charge in [0.2, 0.25) is 11.8 Å². The number of hydrogen-bond acceptors (Lipinski definition) is 15. The number of nitrogens with zero attached hydrogens (tertiary/aromatic N) is 5. The average Bonchev–Trinajstić information content (AvgIpc) is 4.00. The van der Waals surface area contributed by atoms with Crippen molar-refractivity contribution >= 4 is 35.2 Å². The fourth-order valence-electron chi connectivity index (χ4n) is 9.35. The molecule has 376 valence electrons. The van der Waals surface area contributed by atoms with Gasteiger partial charge in [-0.15, -0.1) is 5.10 Å². The van der Waals surface area contributed by atoms with E-state index in [-0.39, 0.29) is 53.1 Å². The zero-order chi connectivity index (χ0) is 49.5. The maximum Gasteiger partial charge on any atom is 0.276 e. The number of piperidine rings is 2. The second-order valence-electron chi connectivity index (χ2n) is 17.8. The van der Waals surface area contributed by atoms with Gasteiger partial charge >= 0.3 is 0 Å². The predicted molar refractivity (Wildman–Crippen MR) is 258 cm³/mol.